The van der Waals surface area contributed by atoms with Crippen LogP contribution in [0.5, 0.6) is 5.75 Å². The molecule has 1 amide bonds. The number of piperidine rings is 1. The van der Waals surface area contributed by atoms with E-state index in [1.54, 1.807) is 18.4 Å². The van der Waals surface area contributed by atoms with Crippen molar-refractivity contribution in [2.75, 3.05) is 53.9 Å². The molecular formula is C23H33N3O2S. The first-order valence-electron chi connectivity index (χ1n) is 10.4. The van der Waals surface area contributed by atoms with Crippen LogP contribution in [0.15, 0.2) is 41.1 Å². The van der Waals surface area contributed by atoms with Crippen molar-refractivity contribution in [2.45, 2.75) is 19.4 Å². The predicted molar refractivity (Wildman–Crippen MR) is 120 cm³/mol. The van der Waals surface area contributed by atoms with Crippen molar-refractivity contribution in [3.05, 3.63) is 52.2 Å². The Morgan fingerprint density at radius 1 is 1.24 bits per heavy atom. The van der Waals surface area contributed by atoms with E-state index in [1.165, 1.54) is 18.4 Å². The molecule has 1 aromatic heterocycles. The fourth-order valence-electron chi connectivity index (χ4n) is 4.00. The summed E-state index contributed by atoms with van der Waals surface area (Å²) in [6.07, 6.45) is 2.35. The van der Waals surface area contributed by atoms with Crippen LogP contribution in [-0.4, -0.2) is 74.5 Å². The quantitative estimate of drug-likeness (QED) is 0.626. The van der Waals surface area contributed by atoms with Crippen LogP contribution in [0.25, 0.3) is 0 Å². The minimum Gasteiger partial charge on any atom is -0.496 e. The maximum absolute atomic E-state index is 13.0. The molecule has 0 saturated carbocycles. The van der Waals surface area contributed by atoms with Gasteiger partial charge in [-0.25, -0.2) is 0 Å². The highest BCUT2D eigenvalue weighted by atomic mass is 32.1. The van der Waals surface area contributed by atoms with Gasteiger partial charge >= 0.3 is 0 Å². The first-order valence-corrected chi connectivity index (χ1v) is 11.3. The lowest BCUT2D eigenvalue weighted by atomic mass is 9.96. The zero-order chi connectivity index (χ0) is 20.6. The molecule has 1 aliphatic heterocycles. The van der Waals surface area contributed by atoms with Crippen LogP contribution in [0.1, 0.15) is 28.8 Å². The van der Waals surface area contributed by atoms with Crippen LogP contribution in [0.2, 0.25) is 0 Å². The van der Waals surface area contributed by atoms with E-state index in [1.807, 2.05) is 29.0 Å². The summed E-state index contributed by atoms with van der Waals surface area (Å²) in [7, 11) is 5.85. The predicted octanol–water partition coefficient (Wildman–Crippen LogP) is 3.67. The van der Waals surface area contributed by atoms with Gasteiger partial charge in [-0.1, -0.05) is 18.2 Å². The molecule has 3 rings (SSSR count). The average molecular weight is 416 g/mol. The second-order valence-corrected chi connectivity index (χ2v) is 8.90. The molecular weight excluding hydrogens is 382 g/mol. The van der Waals surface area contributed by atoms with Crippen molar-refractivity contribution in [1.29, 1.82) is 0 Å². The molecule has 6 heteroatoms. The molecule has 0 N–H and O–H groups in total. The van der Waals surface area contributed by atoms with Gasteiger partial charge in [0.2, 0.25) is 0 Å². The fourth-order valence-corrected chi connectivity index (χ4v) is 4.63. The van der Waals surface area contributed by atoms with E-state index in [2.05, 4.69) is 40.9 Å². The molecule has 0 bridgehead atoms. The third kappa shape index (κ3) is 6.29. The number of likely N-dealkylation sites (N-methyl/N-ethyl adjacent to an activating group) is 1. The van der Waals surface area contributed by atoms with E-state index in [4.69, 9.17) is 4.74 Å². The normalized spacial score (nSPS) is 17.4. The number of ether oxygens (including phenoxy) is 1. The lowest BCUT2D eigenvalue weighted by Gasteiger charge is -2.36. The van der Waals surface area contributed by atoms with Crippen molar-refractivity contribution < 1.29 is 9.53 Å². The van der Waals surface area contributed by atoms with Crippen LogP contribution in [0.4, 0.5) is 0 Å². The smallest absolute Gasteiger partial charge is 0.254 e. The monoisotopic (exact) mass is 415 g/mol. The van der Waals surface area contributed by atoms with Gasteiger partial charge in [-0.3, -0.25) is 9.69 Å². The maximum atomic E-state index is 13.0. The number of amides is 1. The van der Waals surface area contributed by atoms with E-state index >= 15 is 0 Å². The summed E-state index contributed by atoms with van der Waals surface area (Å²) in [6.45, 7) is 5.50. The standard InChI is InChI=1S/C23H33N3O2S/c1-24(2)12-13-26(23(27)21-10-14-29-18-21)16-19-7-6-11-25(15-19)17-20-8-4-5-9-22(20)28-3/h4-5,8-10,14,18-19H,6-7,11-13,15-17H2,1-3H3. The SMILES string of the molecule is COc1ccccc1CN1CCCC(CN(CCN(C)C)C(=O)c2ccsc2)C1. The van der Waals surface area contributed by atoms with Gasteiger partial charge in [-0.2, -0.15) is 11.3 Å². The van der Waals surface area contributed by atoms with Crippen LogP contribution < -0.4 is 4.74 Å². The van der Waals surface area contributed by atoms with Gasteiger partial charge in [0.25, 0.3) is 5.91 Å². The highest BCUT2D eigenvalue weighted by Crippen LogP contribution is 2.24. The van der Waals surface area contributed by atoms with E-state index < -0.39 is 0 Å². The zero-order valence-electron chi connectivity index (χ0n) is 17.8. The summed E-state index contributed by atoms with van der Waals surface area (Å²) < 4.78 is 5.52. The third-order valence-corrected chi connectivity index (χ3v) is 6.22. The Morgan fingerprint density at radius 2 is 2.07 bits per heavy atom. The van der Waals surface area contributed by atoms with Gasteiger partial charge < -0.3 is 14.5 Å². The molecule has 1 fully saturated rings. The maximum Gasteiger partial charge on any atom is 0.254 e. The van der Waals surface area contributed by atoms with E-state index in [9.17, 15) is 4.79 Å². The number of nitrogens with zero attached hydrogens (tertiary/aromatic N) is 3. The topological polar surface area (TPSA) is 36.0 Å². The van der Waals surface area contributed by atoms with Crippen LogP contribution in [0.3, 0.4) is 0 Å². The number of hydrogen-bond donors (Lipinski definition) is 0. The lowest BCUT2D eigenvalue weighted by Crippen LogP contribution is -2.44. The van der Waals surface area contributed by atoms with Gasteiger partial charge in [0.15, 0.2) is 0 Å². The molecule has 5 nitrogen and oxygen atoms in total. The summed E-state index contributed by atoms with van der Waals surface area (Å²) >= 11 is 1.58. The van der Waals surface area contributed by atoms with E-state index in [0.717, 1.165) is 50.6 Å². The molecule has 1 unspecified atom stereocenters. The van der Waals surface area contributed by atoms with E-state index in [0.29, 0.717) is 5.92 Å². The largest absolute Gasteiger partial charge is 0.496 e. The van der Waals surface area contributed by atoms with Gasteiger partial charge in [0, 0.05) is 43.7 Å². The number of hydrogen-bond acceptors (Lipinski definition) is 5. The minimum atomic E-state index is 0.162. The first kappa shape index (κ1) is 21.8. The number of para-hydroxylation sites is 1. The van der Waals surface area contributed by atoms with Crippen molar-refractivity contribution in [3.8, 4) is 5.75 Å². The number of benzene rings is 1. The summed E-state index contributed by atoms with van der Waals surface area (Å²) in [4.78, 5) is 19.7. The Kier molecular flexibility index (Phi) is 8.09. The summed E-state index contributed by atoms with van der Waals surface area (Å²) in [5.74, 6) is 1.62. The average Bonchev–Trinajstić information content (AvgIpc) is 3.26. The van der Waals surface area contributed by atoms with Crippen molar-refractivity contribution >= 4 is 17.2 Å². The molecule has 0 aliphatic carbocycles. The van der Waals surface area contributed by atoms with Crippen LogP contribution in [-0.2, 0) is 6.54 Å². The zero-order valence-corrected chi connectivity index (χ0v) is 18.7. The summed E-state index contributed by atoms with van der Waals surface area (Å²) in [5, 5.41) is 3.94. The molecule has 1 saturated heterocycles. The Bertz CT molecular complexity index is 763. The number of carbonyl (C=O) groups excluding carboxylic acids is 1. The van der Waals surface area contributed by atoms with Crippen molar-refractivity contribution in [2.24, 2.45) is 5.92 Å². The molecule has 1 aliphatic rings. The molecule has 1 aromatic carbocycles. The molecule has 0 radical (unpaired) electrons. The number of methoxy groups -OCH3 is 1. The van der Waals surface area contributed by atoms with Crippen molar-refractivity contribution in [1.82, 2.24) is 14.7 Å². The minimum absolute atomic E-state index is 0.162. The Balaban J connectivity index is 1.63. The molecule has 1 atom stereocenters. The second kappa shape index (κ2) is 10.8. The van der Waals surface area contributed by atoms with Crippen molar-refractivity contribution in [3.63, 3.8) is 0 Å². The lowest BCUT2D eigenvalue weighted by molar-refractivity contribution is 0.0661. The van der Waals surface area contributed by atoms with Crippen LogP contribution in [0, 0.1) is 5.92 Å². The van der Waals surface area contributed by atoms with Gasteiger partial charge in [-0.05, 0) is 56.9 Å². The highest BCUT2D eigenvalue weighted by molar-refractivity contribution is 7.08. The fraction of sp³-hybridized carbons (Fsp3) is 0.522. The number of carbonyl (C=O) groups is 1. The Morgan fingerprint density at radius 3 is 2.79 bits per heavy atom. The molecule has 158 valence electrons. The number of likely N-dealkylation sites (tertiary alicyclic amines) is 1. The third-order valence-electron chi connectivity index (χ3n) is 5.54. The van der Waals surface area contributed by atoms with Gasteiger partial charge in [-0.15, -0.1) is 0 Å². The van der Waals surface area contributed by atoms with E-state index in [-0.39, 0.29) is 5.91 Å². The summed E-state index contributed by atoms with van der Waals surface area (Å²) in [5.41, 5.74) is 2.05. The van der Waals surface area contributed by atoms with Gasteiger partial charge in [0.1, 0.15) is 5.75 Å². The van der Waals surface area contributed by atoms with Gasteiger partial charge in [0.05, 0.1) is 12.7 Å². The molecule has 0 spiro atoms. The number of rotatable bonds is 9. The Labute approximate surface area is 178 Å². The first-order chi connectivity index (χ1) is 14.1. The summed E-state index contributed by atoms with van der Waals surface area (Å²) in [6, 6.07) is 10.2. The molecule has 2 aromatic rings. The molecule has 2 heterocycles. The Hall–Kier alpha value is -1.89. The molecule has 29 heavy (non-hydrogen) atoms. The second-order valence-electron chi connectivity index (χ2n) is 8.12. The number of thiophene rings is 1. The van der Waals surface area contributed by atoms with Crippen LogP contribution >= 0.6 is 11.3 Å². The highest BCUT2D eigenvalue weighted by Gasteiger charge is 2.25.